The van der Waals surface area contributed by atoms with Crippen molar-refractivity contribution >= 4 is 11.7 Å². The molecule has 0 radical (unpaired) electrons. The minimum atomic E-state index is -0.518. The molecular weight excluding hydrogens is 220 g/mol. The molecule has 2 atom stereocenters. The molecule has 0 bridgehead atoms. The van der Waals surface area contributed by atoms with Gasteiger partial charge in [-0.2, -0.15) is 0 Å². The predicted molar refractivity (Wildman–Crippen MR) is 65.9 cm³/mol. The molecule has 0 aromatic rings. The molecule has 1 fully saturated rings. The lowest BCUT2D eigenvalue weighted by Crippen LogP contribution is -2.44. The van der Waals surface area contributed by atoms with Crippen molar-refractivity contribution in [2.75, 3.05) is 20.1 Å². The van der Waals surface area contributed by atoms with Gasteiger partial charge in [-0.25, -0.2) is 0 Å². The number of nitrogens with two attached hydrogens (primary N) is 1. The van der Waals surface area contributed by atoms with Crippen molar-refractivity contribution < 1.29 is 10.0 Å². The minimum absolute atomic E-state index is 0.00398. The summed E-state index contributed by atoms with van der Waals surface area (Å²) in [5.41, 5.74) is 5.53. The van der Waals surface area contributed by atoms with Crippen molar-refractivity contribution in [3.8, 4) is 0 Å². The van der Waals surface area contributed by atoms with Crippen molar-refractivity contribution in [1.29, 1.82) is 0 Å². The number of hydrogen-bond donors (Lipinski definition) is 3. The van der Waals surface area contributed by atoms with Gasteiger partial charge in [0.05, 0.1) is 5.92 Å². The Bertz CT molecular complexity index is 293. The number of carbonyl (C=O) groups is 1. The molecule has 0 spiro atoms. The first-order valence-corrected chi connectivity index (χ1v) is 6.04. The van der Waals surface area contributed by atoms with Crippen molar-refractivity contribution in [2.45, 2.75) is 32.2 Å². The lowest BCUT2D eigenvalue weighted by Gasteiger charge is -2.18. The molecule has 6 heteroatoms. The van der Waals surface area contributed by atoms with Crippen LogP contribution in [0.4, 0.5) is 0 Å². The van der Waals surface area contributed by atoms with Gasteiger partial charge in [0.1, 0.15) is 0 Å². The molecule has 17 heavy (non-hydrogen) atoms. The summed E-state index contributed by atoms with van der Waals surface area (Å²) >= 11 is 0. The van der Waals surface area contributed by atoms with Crippen LogP contribution in [0.2, 0.25) is 0 Å². The molecule has 1 heterocycles. The van der Waals surface area contributed by atoms with Crippen molar-refractivity contribution in [2.24, 2.45) is 16.8 Å². The van der Waals surface area contributed by atoms with E-state index < -0.39 is 5.92 Å². The lowest BCUT2D eigenvalue weighted by atomic mass is 10.0. The number of likely N-dealkylation sites (N-methyl/N-ethyl adjacent to an activating group) is 1. The van der Waals surface area contributed by atoms with Gasteiger partial charge in [-0.05, 0) is 26.4 Å². The highest BCUT2D eigenvalue weighted by Gasteiger charge is 2.27. The Hall–Kier alpha value is -1.30. The summed E-state index contributed by atoms with van der Waals surface area (Å²) in [5.74, 6) is -0.658. The second-order valence-electron chi connectivity index (χ2n) is 4.62. The summed E-state index contributed by atoms with van der Waals surface area (Å²) in [6.07, 6.45) is 2.38. The van der Waals surface area contributed by atoms with Crippen LogP contribution in [0.1, 0.15) is 26.2 Å². The van der Waals surface area contributed by atoms with E-state index in [0.717, 1.165) is 25.9 Å². The molecule has 1 aliphatic rings. The SMILES string of the molecule is CCCC(C(=O)NC1CCN(C)C1)C(N)=NO. The van der Waals surface area contributed by atoms with Gasteiger partial charge in [0, 0.05) is 12.6 Å². The molecule has 1 saturated heterocycles. The molecule has 1 amide bonds. The first-order valence-electron chi connectivity index (χ1n) is 6.04. The second kappa shape index (κ2) is 6.44. The molecule has 0 saturated carbocycles. The molecule has 0 aliphatic carbocycles. The first kappa shape index (κ1) is 13.8. The average molecular weight is 242 g/mol. The maximum absolute atomic E-state index is 12.0. The highest BCUT2D eigenvalue weighted by atomic mass is 16.4. The van der Waals surface area contributed by atoms with Gasteiger partial charge in [-0.1, -0.05) is 18.5 Å². The van der Waals surface area contributed by atoms with E-state index in [1.54, 1.807) is 0 Å². The number of amides is 1. The van der Waals surface area contributed by atoms with Gasteiger partial charge >= 0.3 is 0 Å². The third kappa shape index (κ3) is 3.89. The van der Waals surface area contributed by atoms with Gasteiger partial charge in [0.2, 0.25) is 5.91 Å². The normalized spacial score (nSPS) is 23.6. The smallest absolute Gasteiger partial charge is 0.231 e. The number of rotatable bonds is 5. The van der Waals surface area contributed by atoms with Crippen LogP contribution in [-0.2, 0) is 4.79 Å². The van der Waals surface area contributed by atoms with Crippen LogP contribution in [0, 0.1) is 5.92 Å². The standard InChI is InChI=1S/C11H22N4O2/c1-3-4-9(10(12)14-17)11(16)13-8-5-6-15(2)7-8/h8-9,17H,3-7H2,1-2H3,(H2,12,14)(H,13,16). The zero-order valence-corrected chi connectivity index (χ0v) is 10.5. The molecule has 0 aromatic carbocycles. The van der Waals surface area contributed by atoms with Crippen LogP contribution < -0.4 is 11.1 Å². The first-order chi connectivity index (χ1) is 8.08. The van der Waals surface area contributed by atoms with Crippen molar-refractivity contribution in [1.82, 2.24) is 10.2 Å². The monoisotopic (exact) mass is 242 g/mol. The topological polar surface area (TPSA) is 91.0 Å². The summed E-state index contributed by atoms with van der Waals surface area (Å²) in [4.78, 5) is 14.2. The highest BCUT2D eigenvalue weighted by Crippen LogP contribution is 2.11. The maximum atomic E-state index is 12.0. The van der Waals surface area contributed by atoms with Crippen LogP contribution in [0.25, 0.3) is 0 Å². The lowest BCUT2D eigenvalue weighted by molar-refractivity contribution is -0.123. The summed E-state index contributed by atoms with van der Waals surface area (Å²) < 4.78 is 0. The average Bonchev–Trinajstić information content (AvgIpc) is 2.70. The quantitative estimate of drug-likeness (QED) is 0.273. The number of nitrogens with zero attached hydrogens (tertiary/aromatic N) is 2. The molecule has 1 aliphatic heterocycles. The van der Waals surface area contributed by atoms with Crippen LogP contribution >= 0.6 is 0 Å². The third-order valence-electron chi connectivity index (χ3n) is 3.10. The second-order valence-corrected chi connectivity index (χ2v) is 4.62. The summed E-state index contributed by atoms with van der Waals surface area (Å²) in [7, 11) is 2.03. The van der Waals surface area contributed by atoms with Crippen LogP contribution in [0.15, 0.2) is 5.16 Å². The van der Waals surface area contributed by atoms with Crippen LogP contribution in [0.3, 0.4) is 0 Å². The Labute approximate surface area is 102 Å². The number of oxime groups is 1. The van der Waals surface area contributed by atoms with E-state index in [4.69, 9.17) is 10.9 Å². The van der Waals surface area contributed by atoms with Crippen molar-refractivity contribution in [3.05, 3.63) is 0 Å². The minimum Gasteiger partial charge on any atom is -0.409 e. The van der Waals surface area contributed by atoms with E-state index in [9.17, 15) is 4.79 Å². The number of carbonyl (C=O) groups excluding carboxylic acids is 1. The third-order valence-corrected chi connectivity index (χ3v) is 3.10. The molecule has 0 aromatic heterocycles. The fourth-order valence-corrected chi connectivity index (χ4v) is 2.13. The van der Waals surface area contributed by atoms with Crippen LogP contribution in [0.5, 0.6) is 0 Å². The van der Waals surface area contributed by atoms with Gasteiger partial charge in [-0.15, -0.1) is 0 Å². The summed E-state index contributed by atoms with van der Waals surface area (Å²) in [6.45, 7) is 3.82. The largest absolute Gasteiger partial charge is 0.409 e. The van der Waals surface area contributed by atoms with Gasteiger partial charge in [0.25, 0.3) is 0 Å². The zero-order chi connectivity index (χ0) is 12.8. The van der Waals surface area contributed by atoms with Gasteiger partial charge in [0.15, 0.2) is 5.84 Å². The Morgan fingerprint density at radius 3 is 2.88 bits per heavy atom. The summed E-state index contributed by atoms with van der Waals surface area (Å²) in [5, 5.41) is 14.6. The van der Waals surface area contributed by atoms with E-state index in [-0.39, 0.29) is 17.8 Å². The number of hydrogen-bond acceptors (Lipinski definition) is 4. The number of likely N-dealkylation sites (tertiary alicyclic amines) is 1. The Balaban J connectivity index is 2.53. The molecule has 4 N–H and O–H groups in total. The number of nitrogens with one attached hydrogen (secondary N) is 1. The molecule has 2 unspecified atom stereocenters. The predicted octanol–water partition coefficient (Wildman–Crippen LogP) is -0.0306. The summed E-state index contributed by atoms with van der Waals surface area (Å²) in [6, 6.07) is 0.179. The molecule has 98 valence electrons. The Morgan fingerprint density at radius 2 is 2.41 bits per heavy atom. The van der Waals surface area contributed by atoms with E-state index in [2.05, 4.69) is 15.4 Å². The molecular formula is C11H22N4O2. The highest BCUT2D eigenvalue weighted by molar-refractivity contribution is 6.02. The Kier molecular flexibility index (Phi) is 5.21. The van der Waals surface area contributed by atoms with Crippen LogP contribution in [-0.4, -0.2) is 48.0 Å². The Morgan fingerprint density at radius 1 is 1.71 bits per heavy atom. The van der Waals surface area contributed by atoms with E-state index in [0.29, 0.717) is 6.42 Å². The zero-order valence-electron chi connectivity index (χ0n) is 10.5. The fraction of sp³-hybridized carbons (Fsp3) is 0.818. The number of amidine groups is 1. The maximum Gasteiger partial charge on any atom is 0.231 e. The molecule has 1 rings (SSSR count). The van der Waals surface area contributed by atoms with E-state index in [1.165, 1.54) is 0 Å². The van der Waals surface area contributed by atoms with Gasteiger partial charge < -0.3 is 21.2 Å². The fourth-order valence-electron chi connectivity index (χ4n) is 2.13. The van der Waals surface area contributed by atoms with Crippen molar-refractivity contribution in [3.63, 3.8) is 0 Å². The van der Waals surface area contributed by atoms with Gasteiger partial charge in [-0.3, -0.25) is 4.79 Å². The van der Waals surface area contributed by atoms with E-state index >= 15 is 0 Å². The molecule has 6 nitrogen and oxygen atoms in total. The van der Waals surface area contributed by atoms with E-state index in [1.807, 2.05) is 14.0 Å².